The standard InChI is InChI=1S/C37H36N2S/c1-29-22-23-35(30(2)28-29)40-36-21-13-12-20-34(36)38-24-26-39(27-25-38)37(31-14-6-3-7-15-31,32-16-8-4-9-17-32)33-18-10-5-11-19-33/h3-23,28H,24-27H2,1-2H3. The third kappa shape index (κ3) is 5.08. The fourth-order valence-corrected chi connectivity index (χ4v) is 7.25. The van der Waals surface area contributed by atoms with Gasteiger partial charge in [0.25, 0.3) is 0 Å². The predicted octanol–water partition coefficient (Wildman–Crippen LogP) is 8.57. The van der Waals surface area contributed by atoms with E-state index in [-0.39, 0.29) is 5.54 Å². The van der Waals surface area contributed by atoms with E-state index in [2.05, 4.69) is 157 Å². The summed E-state index contributed by atoms with van der Waals surface area (Å²) >= 11 is 1.88. The van der Waals surface area contributed by atoms with Crippen LogP contribution in [0.1, 0.15) is 27.8 Å². The minimum Gasteiger partial charge on any atom is -0.368 e. The maximum atomic E-state index is 2.70. The summed E-state index contributed by atoms with van der Waals surface area (Å²) in [5, 5.41) is 0. The summed E-state index contributed by atoms with van der Waals surface area (Å²) in [6, 6.07) is 48.8. The fourth-order valence-electron chi connectivity index (χ4n) is 6.21. The number of piperazine rings is 1. The van der Waals surface area contributed by atoms with Gasteiger partial charge >= 0.3 is 0 Å². The fraction of sp³-hybridized carbons (Fsp3) is 0.189. The van der Waals surface area contributed by atoms with Gasteiger partial charge in [0.1, 0.15) is 0 Å². The largest absolute Gasteiger partial charge is 0.368 e. The van der Waals surface area contributed by atoms with Gasteiger partial charge in [-0.3, -0.25) is 4.90 Å². The maximum absolute atomic E-state index is 2.70. The highest BCUT2D eigenvalue weighted by Crippen LogP contribution is 2.44. The van der Waals surface area contributed by atoms with Gasteiger partial charge in [-0.1, -0.05) is 133 Å². The number of benzene rings is 5. The van der Waals surface area contributed by atoms with E-state index >= 15 is 0 Å². The molecule has 2 nitrogen and oxygen atoms in total. The summed E-state index contributed by atoms with van der Waals surface area (Å²) in [5.41, 5.74) is 7.55. The lowest BCUT2D eigenvalue weighted by molar-refractivity contribution is 0.147. The Balaban J connectivity index is 1.35. The van der Waals surface area contributed by atoms with Gasteiger partial charge in [0, 0.05) is 36.0 Å². The molecule has 0 saturated carbocycles. The second kappa shape index (κ2) is 11.8. The van der Waals surface area contributed by atoms with Crippen LogP contribution in [0, 0.1) is 13.8 Å². The van der Waals surface area contributed by atoms with Gasteiger partial charge in [0.05, 0.1) is 11.2 Å². The SMILES string of the molecule is Cc1ccc(Sc2ccccc2N2CCN(C(c3ccccc3)(c3ccccc3)c3ccccc3)CC2)c(C)c1. The Labute approximate surface area is 243 Å². The zero-order chi connectivity index (χ0) is 27.4. The molecule has 40 heavy (non-hydrogen) atoms. The van der Waals surface area contributed by atoms with Crippen LogP contribution in [-0.4, -0.2) is 31.1 Å². The topological polar surface area (TPSA) is 6.48 Å². The minimum atomic E-state index is -0.358. The van der Waals surface area contributed by atoms with Crippen molar-refractivity contribution in [1.29, 1.82) is 0 Å². The Morgan fingerprint density at radius 3 is 1.55 bits per heavy atom. The summed E-state index contributed by atoms with van der Waals surface area (Å²) in [6.45, 7) is 8.24. The molecule has 5 aromatic carbocycles. The molecular formula is C37H36N2S. The van der Waals surface area contributed by atoms with Gasteiger partial charge in [-0.05, 0) is 54.3 Å². The lowest BCUT2D eigenvalue weighted by Crippen LogP contribution is -2.56. The lowest BCUT2D eigenvalue weighted by Gasteiger charge is -2.49. The van der Waals surface area contributed by atoms with Crippen molar-refractivity contribution in [2.45, 2.75) is 29.2 Å². The molecule has 0 unspecified atom stereocenters. The zero-order valence-electron chi connectivity index (χ0n) is 23.3. The number of anilines is 1. The Kier molecular flexibility index (Phi) is 7.77. The molecule has 6 rings (SSSR count). The molecule has 0 bridgehead atoms. The molecule has 1 fully saturated rings. The zero-order valence-corrected chi connectivity index (χ0v) is 24.1. The van der Waals surface area contributed by atoms with Crippen LogP contribution in [0.4, 0.5) is 5.69 Å². The number of para-hydroxylation sites is 1. The van der Waals surface area contributed by atoms with Gasteiger partial charge < -0.3 is 4.90 Å². The Bertz CT molecular complexity index is 1450. The van der Waals surface area contributed by atoms with Crippen LogP contribution in [0.3, 0.4) is 0 Å². The van der Waals surface area contributed by atoms with Crippen molar-refractivity contribution in [3.8, 4) is 0 Å². The van der Waals surface area contributed by atoms with Gasteiger partial charge in [0.2, 0.25) is 0 Å². The quantitative estimate of drug-likeness (QED) is 0.191. The Hall–Kier alpha value is -3.79. The first kappa shape index (κ1) is 26.4. The van der Waals surface area contributed by atoms with Crippen molar-refractivity contribution >= 4 is 17.4 Å². The Morgan fingerprint density at radius 2 is 1.02 bits per heavy atom. The molecule has 0 aromatic heterocycles. The van der Waals surface area contributed by atoms with Gasteiger partial charge in [-0.25, -0.2) is 0 Å². The third-order valence-electron chi connectivity index (χ3n) is 8.08. The maximum Gasteiger partial charge on any atom is 0.0974 e. The smallest absolute Gasteiger partial charge is 0.0974 e. The molecule has 1 aliphatic rings. The first-order valence-corrected chi connectivity index (χ1v) is 15.0. The first-order chi connectivity index (χ1) is 19.7. The monoisotopic (exact) mass is 540 g/mol. The van der Waals surface area contributed by atoms with E-state index in [4.69, 9.17) is 0 Å². The molecule has 0 spiro atoms. The summed E-state index contributed by atoms with van der Waals surface area (Å²) in [4.78, 5) is 7.92. The molecule has 0 amide bonds. The van der Waals surface area contributed by atoms with Gasteiger partial charge in [-0.15, -0.1) is 0 Å². The molecule has 0 N–H and O–H groups in total. The highest BCUT2D eigenvalue weighted by molar-refractivity contribution is 7.99. The van der Waals surface area contributed by atoms with E-state index in [1.807, 2.05) is 11.8 Å². The van der Waals surface area contributed by atoms with Crippen LogP contribution in [0.25, 0.3) is 0 Å². The molecule has 1 heterocycles. The van der Waals surface area contributed by atoms with E-state index in [0.29, 0.717) is 0 Å². The van der Waals surface area contributed by atoms with Crippen LogP contribution >= 0.6 is 11.8 Å². The predicted molar refractivity (Wildman–Crippen MR) is 169 cm³/mol. The van der Waals surface area contributed by atoms with Crippen LogP contribution in [0.15, 0.2) is 143 Å². The van der Waals surface area contributed by atoms with Crippen molar-refractivity contribution in [3.05, 3.63) is 161 Å². The number of hydrogen-bond acceptors (Lipinski definition) is 3. The molecule has 0 aliphatic carbocycles. The van der Waals surface area contributed by atoms with E-state index in [0.717, 1.165) is 26.2 Å². The summed E-state index contributed by atoms with van der Waals surface area (Å²) in [5.74, 6) is 0. The third-order valence-corrected chi connectivity index (χ3v) is 9.33. The number of hydrogen-bond donors (Lipinski definition) is 0. The summed E-state index contributed by atoms with van der Waals surface area (Å²) in [7, 11) is 0. The summed E-state index contributed by atoms with van der Waals surface area (Å²) < 4.78 is 0. The molecule has 1 saturated heterocycles. The van der Waals surface area contributed by atoms with Crippen LogP contribution in [0.2, 0.25) is 0 Å². The van der Waals surface area contributed by atoms with Gasteiger partial charge in [-0.2, -0.15) is 0 Å². The average molecular weight is 541 g/mol. The highest BCUT2D eigenvalue weighted by Gasteiger charge is 2.43. The van der Waals surface area contributed by atoms with E-state index < -0.39 is 0 Å². The average Bonchev–Trinajstić information content (AvgIpc) is 3.01. The number of nitrogens with zero attached hydrogens (tertiary/aromatic N) is 2. The second-order valence-corrected chi connectivity index (χ2v) is 11.7. The minimum absolute atomic E-state index is 0.358. The molecule has 3 heteroatoms. The normalized spacial score (nSPS) is 14.3. The van der Waals surface area contributed by atoms with Crippen molar-refractivity contribution < 1.29 is 0 Å². The van der Waals surface area contributed by atoms with E-state index in [1.165, 1.54) is 43.3 Å². The van der Waals surface area contributed by atoms with Crippen molar-refractivity contribution in [2.75, 3.05) is 31.1 Å². The number of rotatable bonds is 7. The molecule has 5 aromatic rings. The van der Waals surface area contributed by atoms with Crippen molar-refractivity contribution in [1.82, 2.24) is 4.90 Å². The van der Waals surface area contributed by atoms with Crippen LogP contribution in [-0.2, 0) is 5.54 Å². The highest BCUT2D eigenvalue weighted by atomic mass is 32.2. The molecule has 1 aliphatic heterocycles. The molecular weight excluding hydrogens is 504 g/mol. The summed E-state index contributed by atoms with van der Waals surface area (Å²) in [6.07, 6.45) is 0. The van der Waals surface area contributed by atoms with Gasteiger partial charge in [0.15, 0.2) is 0 Å². The van der Waals surface area contributed by atoms with Crippen molar-refractivity contribution in [3.63, 3.8) is 0 Å². The van der Waals surface area contributed by atoms with Crippen LogP contribution < -0.4 is 4.90 Å². The number of aryl methyl sites for hydroxylation is 2. The molecule has 200 valence electrons. The lowest BCUT2D eigenvalue weighted by atomic mass is 9.75. The molecule has 0 atom stereocenters. The Morgan fingerprint density at radius 1 is 0.525 bits per heavy atom. The molecule has 0 radical (unpaired) electrons. The first-order valence-electron chi connectivity index (χ1n) is 14.2. The van der Waals surface area contributed by atoms with E-state index in [9.17, 15) is 0 Å². The van der Waals surface area contributed by atoms with Crippen LogP contribution in [0.5, 0.6) is 0 Å². The van der Waals surface area contributed by atoms with Crippen molar-refractivity contribution in [2.24, 2.45) is 0 Å². The second-order valence-electron chi connectivity index (χ2n) is 10.6. The van der Waals surface area contributed by atoms with E-state index in [1.54, 1.807) is 0 Å².